The van der Waals surface area contributed by atoms with Crippen molar-refractivity contribution in [2.24, 2.45) is 11.8 Å². The molecule has 3 atom stereocenters. The van der Waals surface area contributed by atoms with Gasteiger partial charge in [-0.05, 0) is 40.3 Å². The number of carboxylic acid groups (broad SMARTS) is 1. The van der Waals surface area contributed by atoms with Crippen LogP contribution in [0.15, 0.2) is 75.0 Å². The number of benzene rings is 1. The molecule has 2 aromatic heterocycles. The fourth-order valence-corrected chi connectivity index (χ4v) is 7.02. The van der Waals surface area contributed by atoms with Gasteiger partial charge in [-0.25, -0.2) is 4.79 Å². The average molecular weight is 483 g/mol. The molecule has 174 valence electrons. The van der Waals surface area contributed by atoms with Gasteiger partial charge in [0.15, 0.2) is 5.76 Å². The van der Waals surface area contributed by atoms with Crippen LogP contribution in [0.25, 0.3) is 23.0 Å². The second-order valence-corrected chi connectivity index (χ2v) is 10.6. The van der Waals surface area contributed by atoms with Gasteiger partial charge in [-0.2, -0.15) is 0 Å². The zero-order valence-electron chi connectivity index (χ0n) is 18.8. The Hall–Kier alpha value is -3.58. The molecule has 0 spiro atoms. The molecule has 4 aliphatic rings. The topological polar surface area (TPSA) is 85.3 Å². The van der Waals surface area contributed by atoms with Crippen molar-refractivity contribution in [3.63, 3.8) is 0 Å². The van der Waals surface area contributed by atoms with Crippen molar-refractivity contribution in [3.8, 4) is 11.3 Å². The van der Waals surface area contributed by atoms with Crippen molar-refractivity contribution in [1.82, 2.24) is 9.72 Å². The summed E-state index contributed by atoms with van der Waals surface area (Å²) >= 11 is 1.46. The highest BCUT2D eigenvalue weighted by Crippen LogP contribution is 2.50. The summed E-state index contributed by atoms with van der Waals surface area (Å²) in [5.41, 5.74) is 3.36. The van der Waals surface area contributed by atoms with E-state index in [-0.39, 0.29) is 17.4 Å². The Morgan fingerprint density at radius 3 is 2.80 bits per heavy atom. The number of hydrogen-bond acceptors (Lipinski definition) is 5. The number of aromatic nitrogens is 2. The van der Waals surface area contributed by atoms with E-state index in [0.717, 1.165) is 45.5 Å². The highest BCUT2D eigenvalue weighted by Gasteiger charge is 2.39. The van der Waals surface area contributed by atoms with Crippen LogP contribution in [-0.4, -0.2) is 26.6 Å². The molecule has 0 bridgehead atoms. The van der Waals surface area contributed by atoms with Gasteiger partial charge >= 0.3 is 5.97 Å². The molecule has 3 unspecified atom stereocenters. The first-order chi connectivity index (χ1) is 17.1. The maximum Gasteiger partial charge on any atom is 0.327 e. The number of nitrogens with zero attached hydrogens (tertiary/aromatic N) is 2. The quantitative estimate of drug-likeness (QED) is 0.613. The first-order valence-corrected chi connectivity index (χ1v) is 12.9. The lowest BCUT2D eigenvalue weighted by Crippen LogP contribution is -2.36. The predicted molar refractivity (Wildman–Crippen MR) is 133 cm³/mol. The molecule has 3 heterocycles. The van der Waals surface area contributed by atoms with Gasteiger partial charge in [-0.1, -0.05) is 59.8 Å². The van der Waals surface area contributed by atoms with Gasteiger partial charge in [0, 0.05) is 35.3 Å². The summed E-state index contributed by atoms with van der Waals surface area (Å²) < 4.78 is 7.36. The Kier molecular flexibility index (Phi) is 4.58. The Morgan fingerprint density at radius 2 is 1.97 bits per heavy atom. The van der Waals surface area contributed by atoms with Crippen LogP contribution in [0.2, 0.25) is 0 Å². The van der Waals surface area contributed by atoms with Crippen LogP contribution >= 0.6 is 11.8 Å². The number of carbonyl (C=O) groups is 1. The molecule has 1 fully saturated rings. The van der Waals surface area contributed by atoms with Crippen LogP contribution < -0.4 is 16.0 Å². The third kappa shape index (κ3) is 3.22. The van der Waals surface area contributed by atoms with E-state index in [1.165, 1.54) is 21.5 Å². The summed E-state index contributed by atoms with van der Waals surface area (Å²) in [4.78, 5) is 24.8. The maximum absolute atomic E-state index is 13.1. The van der Waals surface area contributed by atoms with Crippen LogP contribution in [-0.2, 0) is 4.79 Å². The third-order valence-electron chi connectivity index (χ3n) is 7.39. The van der Waals surface area contributed by atoms with Crippen molar-refractivity contribution >= 4 is 29.4 Å². The number of rotatable bonds is 4. The molecule has 3 aliphatic carbocycles. The summed E-state index contributed by atoms with van der Waals surface area (Å²) in [6.07, 6.45) is 12.9. The fourth-order valence-electron chi connectivity index (χ4n) is 5.63. The molecule has 35 heavy (non-hydrogen) atoms. The van der Waals surface area contributed by atoms with Crippen LogP contribution in [0.4, 0.5) is 0 Å². The van der Waals surface area contributed by atoms with E-state index in [4.69, 9.17) is 4.52 Å². The molecular formula is C28H22N2O4S. The first kappa shape index (κ1) is 20.8. The maximum atomic E-state index is 13.1. The van der Waals surface area contributed by atoms with E-state index in [0.29, 0.717) is 17.4 Å². The molecule has 0 radical (unpaired) electrons. The zero-order chi connectivity index (χ0) is 23.7. The van der Waals surface area contributed by atoms with E-state index in [1.54, 1.807) is 6.07 Å². The molecular weight excluding hydrogens is 460 g/mol. The number of allylic oxidation sites excluding steroid dienone is 4. The van der Waals surface area contributed by atoms with E-state index in [2.05, 4.69) is 47.7 Å². The molecule has 3 aromatic rings. The van der Waals surface area contributed by atoms with E-state index in [1.807, 2.05) is 18.2 Å². The average Bonchev–Trinajstić information content (AvgIpc) is 3.40. The molecule has 1 aromatic carbocycles. The molecule has 1 saturated carbocycles. The van der Waals surface area contributed by atoms with Gasteiger partial charge in [0.2, 0.25) is 0 Å². The lowest BCUT2D eigenvalue weighted by molar-refractivity contribution is -0.140. The number of aliphatic carboxylic acids is 1. The highest BCUT2D eigenvalue weighted by molar-refractivity contribution is 7.99. The van der Waals surface area contributed by atoms with E-state index >= 15 is 0 Å². The Labute approximate surface area is 205 Å². The number of fused-ring (bicyclic) bond motifs is 3. The molecule has 1 N–H and O–H groups in total. The third-order valence-corrected chi connectivity index (χ3v) is 8.56. The van der Waals surface area contributed by atoms with Crippen LogP contribution in [0.5, 0.6) is 0 Å². The SMILES string of the molecule is O=C(O)C1CSc2c(C3CC3)c(-c3cc(C4=c5ccccc5=CC5C=CC=CC45)no3)cc(=O)n21. The van der Waals surface area contributed by atoms with Gasteiger partial charge in [0.05, 0.1) is 5.03 Å². The summed E-state index contributed by atoms with van der Waals surface area (Å²) in [6.45, 7) is 0. The molecule has 1 aliphatic heterocycles. The van der Waals surface area contributed by atoms with Gasteiger partial charge in [0.25, 0.3) is 5.56 Å². The summed E-state index contributed by atoms with van der Waals surface area (Å²) in [7, 11) is 0. The first-order valence-electron chi connectivity index (χ1n) is 11.9. The lowest BCUT2D eigenvalue weighted by atomic mass is 9.77. The number of pyridine rings is 1. The summed E-state index contributed by atoms with van der Waals surface area (Å²) in [5.74, 6) is 0.684. The van der Waals surface area contributed by atoms with Crippen LogP contribution in [0.3, 0.4) is 0 Å². The van der Waals surface area contributed by atoms with E-state index < -0.39 is 12.0 Å². The Balaban J connectivity index is 1.41. The van der Waals surface area contributed by atoms with Crippen molar-refractivity contribution < 1.29 is 14.4 Å². The Morgan fingerprint density at radius 1 is 1.14 bits per heavy atom. The fraction of sp³-hybridized carbons (Fsp3) is 0.250. The largest absolute Gasteiger partial charge is 0.480 e. The highest BCUT2D eigenvalue weighted by atomic mass is 32.2. The van der Waals surface area contributed by atoms with Gasteiger partial charge < -0.3 is 9.63 Å². The smallest absolute Gasteiger partial charge is 0.327 e. The minimum absolute atomic E-state index is 0.160. The second kappa shape index (κ2) is 7.71. The standard InChI is InChI=1S/C28H22N2O4S/c31-24-12-20(25(15-9-10-15)27-30(24)22(14-35-27)28(32)33)23-13-21(29-34-23)26-18-7-3-1-5-16(18)11-17-6-2-4-8-19(17)26/h1-8,11-13,15-16,18,22H,9-10,14H2,(H,32,33). The monoisotopic (exact) mass is 482 g/mol. The lowest BCUT2D eigenvalue weighted by Gasteiger charge is -2.26. The van der Waals surface area contributed by atoms with Gasteiger partial charge in [0.1, 0.15) is 11.7 Å². The van der Waals surface area contributed by atoms with Crippen molar-refractivity contribution in [1.29, 1.82) is 0 Å². The van der Waals surface area contributed by atoms with Gasteiger partial charge in [-0.15, -0.1) is 11.8 Å². The summed E-state index contributed by atoms with van der Waals surface area (Å²) in [5, 5.41) is 17.2. The molecule has 0 amide bonds. The van der Waals surface area contributed by atoms with E-state index in [9.17, 15) is 14.7 Å². The zero-order valence-corrected chi connectivity index (χ0v) is 19.6. The number of thioether (sulfide) groups is 1. The minimum atomic E-state index is -0.969. The molecule has 7 heteroatoms. The minimum Gasteiger partial charge on any atom is -0.480 e. The van der Waals surface area contributed by atoms with Crippen LogP contribution in [0, 0.1) is 11.8 Å². The second-order valence-electron chi connectivity index (χ2n) is 9.54. The molecule has 7 rings (SSSR count). The number of carboxylic acids is 1. The predicted octanol–water partition coefficient (Wildman–Crippen LogP) is 3.46. The van der Waals surface area contributed by atoms with Gasteiger partial charge in [-0.3, -0.25) is 9.36 Å². The Bertz CT molecular complexity index is 1640. The molecule has 0 saturated heterocycles. The summed E-state index contributed by atoms with van der Waals surface area (Å²) in [6, 6.07) is 11.0. The van der Waals surface area contributed by atoms with Crippen LogP contribution in [0.1, 0.15) is 36.1 Å². The van der Waals surface area contributed by atoms with Crippen molar-refractivity contribution in [3.05, 3.63) is 92.8 Å². The molecule has 6 nitrogen and oxygen atoms in total. The number of hydrogen-bond donors (Lipinski definition) is 1. The van der Waals surface area contributed by atoms with Crippen molar-refractivity contribution in [2.45, 2.75) is 29.8 Å². The van der Waals surface area contributed by atoms with Crippen molar-refractivity contribution in [2.75, 3.05) is 5.75 Å². The normalized spacial score (nSPS) is 24.0.